The molecule has 1 aliphatic rings. The molecule has 1 unspecified atom stereocenters. The predicted molar refractivity (Wildman–Crippen MR) is 48.6 cm³/mol. The van der Waals surface area contributed by atoms with E-state index in [1.165, 1.54) is 6.42 Å². The fraction of sp³-hybridized carbons (Fsp3) is 0.889. The quantitative estimate of drug-likeness (QED) is 0.653. The molecule has 70 valence electrons. The summed E-state index contributed by atoms with van der Waals surface area (Å²) in [7, 11) is 0. The molecule has 0 spiro atoms. The summed E-state index contributed by atoms with van der Waals surface area (Å²) in [6.45, 7) is 4.81. The van der Waals surface area contributed by atoms with Crippen molar-refractivity contribution in [3.05, 3.63) is 0 Å². The second kappa shape index (κ2) is 3.44. The highest BCUT2D eigenvalue weighted by Crippen LogP contribution is 2.39. The van der Waals surface area contributed by atoms with Crippen LogP contribution in [0.5, 0.6) is 0 Å². The Bertz CT molecular complexity index is 177. The van der Waals surface area contributed by atoms with Crippen molar-refractivity contribution in [3.63, 3.8) is 0 Å². The topological polar surface area (TPSA) is 55.1 Å². The fourth-order valence-corrected chi connectivity index (χ4v) is 1.53. The summed E-state index contributed by atoms with van der Waals surface area (Å²) in [6, 6.07) is 0.372. The lowest BCUT2D eigenvalue weighted by molar-refractivity contribution is -0.123. The van der Waals surface area contributed by atoms with Crippen LogP contribution >= 0.6 is 0 Å². The second-order valence-corrected chi connectivity index (χ2v) is 4.19. The molecule has 3 heteroatoms. The van der Waals surface area contributed by atoms with Gasteiger partial charge in [0.25, 0.3) is 0 Å². The van der Waals surface area contributed by atoms with E-state index < -0.39 is 0 Å². The molecule has 0 saturated heterocycles. The molecule has 1 atom stereocenters. The van der Waals surface area contributed by atoms with Gasteiger partial charge in [0.15, 0.2) is 0 Å². The van der Waals surface area contributed by atoms with Gasteiger partial charge in [0.1, 0.15) is 0 Å². The molecular weight excluding hydrogens is 152 g/mol. The molecule has 1 saturated carbocycles. The number of hydrogen-bond acceptors (Lipinski definition) is 2. The average Bonchev–Trinajstić information content (AvgIpc) is 1.99. The van der Waals surface area contributed by atoms with Gasteiger partial charge in [-0.05, 0) is 18.3 Å². The van der Waals surface area contributed by atoms with E-state index in [4.69, 9.17) is 5.73 Å². The number of nitrogens with one attached hydrogen (secondary N) is 1. The standard InChI is InChI=1S/C9H18N2O/c1-9(2)5-3-7(9)11-8(12)4-6-10/h7H,3-6,10H2,1-2H3,(H,11,12). The van der Waals surface area contributed by atoms with Crippen LogP contribution in [-0.4, -0.2) is 18.5 Å². The first-order valence-corrected chi connectivity index (χ1v) is 4.56. The summed E-state index contributed by atoms with van der Waals surface area (Å²) >= 11 is 0. The fourth-order valence-electron chi connectivity index (χ4n) is 1.53. The Balaban J connectivity index is 2.28. The molecule has 0 aromatic carbocycles. The highest BCUT2D eigenvalue weighted by atomic mass is 16.1. The van der Waals surface area contributed by atoms with Crippen LogP contribution in [0, 0.1) is 5.41 Å². The van der Waals surface area contributed by atoms with E-state index in [-0.39, 0.29) is 5.91 Å². The van der Waals surface area contributed by atoms with E-state index in [1.807, 2.05) is 0 Å². The largest absolute Gasteiger partial charge is 0.353 e. The number of hydrogen-bond donors (Lipinski definition) is 2. The normalized spacial score (nSPS) is 26.1. The minimum absolute atomic E-state index is 0.0928. The molecular formula is C9H18N2O. The molecule has 0 aliphatic heterocycles. The Morgan fingerprint density at radius 1 is 1.67 bits per heavy atom. The molecule has 0 bridgehead atoms. The van der Waals surface area contributed by atoms with Crippen LogP contribution in [0.25, 0.3) is 0 Å². The summed E-state index contributed by atoms with van der Waals surface area (Å²) in [6.07, 6.45) is 2.77. The van der Waals surface area contributed by atoms with Crippen molar-refractivity contribution in [1.29, 1.82) is 0 Å². The molecule has 1 fully saturated rings. The van der Waals surface area contributed by atoms with E-state index >= 15 is 0 Å². The molecule has 0 radical (unpaired) electrons. The van der Waals surface area contributed by atoms with Crippen LogP contribution in [0.4, 0.5) is 0 Å². The molecule has 1 rings (SSSR count). The van der Waals surface area contributed by atoms with Gasteiger partial charge in [-0.1, -0.05) is 13.8 Å². The van der Waals surface area contributed by atoms with E-state index in [0.29, 0.717) is 24.4 Å². The molecule has 1 aliphatic carbocycles. The monoisotopic (exact) mass is 170 g/mol. The van der Waals surface area contributed by atoms with Crippen LogP contribution in [0.15, 0.2) is 0 Å². The smallest absolute Gasteiger partial charge is 0.221 e. The number of amides is 1. The number of carbonyl (C=O) groups is 1. The van der Waals surface area contributed by atoms with Crippen molar-refractivity contribution in [2.45, 2.75) is 39.2 Å². The highest BCUT2D eigenvalue weighted by Gasteiger charge is 2.38. The Hall–Kier alpha value is -0.570. The second-order valence-electron chi connectivity index (χ2n) is 4.19. The molecule has 0 aromatic rings. The number of rotatable bonds is 3. The van der Waals surface area contributed by atoms with Gasteiger partial charge in [0.05, 0.1) is 0 Å². The maximum atomic E-state index is 11.1. The Morgan fingerprint density at radius 3 is 2.67 bits per heavy atom. The molecule has 3 N–H and O–H groups in total. The van der Waals surface area contributed by atoms with Crippen molar-refractivity contribution in [1.82, 2.24) is 5.32 Å². The van der Waals surface area contributed by atoms with Gasteiger partial charge >= 0.3 is 0 Å². The van der Waals surface area contributed by atoms with Crippen molar-refractivity contribution >= 4 is 5.91 Å². The zero-order chi connectivity index (χ0) is 9.19. The lowest BCUT2D eigenvalue weighted by atomic mass is 9.67. The highest BCUT2D eigenvalue weighted by molar-refractivity contribution is 5.76. The van der Waals surface area contributed by atoms with E-state index in [9.17, 15) is 4.79 Å². The third kappa shape index (κ3) is 1.97. The van der Waals surface area contributed by atoms with Gasteiger partial charge in [-0.25, -0.2) is 0 Å². The van der Waals surface area contributed by atoms with Gasteiger partial charge in [0.2, 0.25) is 5.91 Å². The Kier molecular flexibility index (Phi) is 2.73. The molecule has 0 aromatic heterocycles. The van der Waals surface area contributed by atoms with Gasteiger partial charge in [-0.15, -0.1) is 0 Å². The maximum absolute atomic E-state index is 11.1. The SMILES string of the molecule is CC1(C)CCC1NC(=O)CCN. The summed E-state index contributed by atoms with van der Waals surface area (Å²) in [5.41, 5.74) is 5.57. The molecule has 12 heavy (non-hydrogen) atoms. The van der Waals surface area contributed by atoms with Gasteiger partial charge < -0.3 is 11.1 Å². The van der Waals surface area contributed by atoms with Crippen LogP contribution in [0.1, 0.15) is 33.1 Å². The molecule has 1 amide bonds. The lowest BCUT2D eigenvalue weighted by Crippen LogP contribution is -2.52. The third-order valence-electron chi connectivity index (χ3n) is 2.73. The van der Waals surface area contributed by atoms with Crippen LogP contribution in [0.2, 0.25) is 0 Å². The van der Waals surface area contributed by atoms with Crippen molar-refractivity contribution in [2.75, 3.05) is 6.54 Å². The van der Waals surface area contributed by atoms with Crippen LogP contribution in [-0.2, 0) is 4.79 Å². The van der Waals surface area contributed by atoms with E-state index in [1.54, 1.807) is 0 Å². The van der Waals surface area contributed by atoms with Gasteiger partial charge in [-0.3, -0.25) is 4.79 Å². The zero-order valence-electron chi connectivity index (χ0n) is 7.89. The van der Waals surface area contributed by atoms with E-state index in [2.05, 4.69) is 19.2 Å². The minimum atomic E-state index is 0.0928. The minimum Gasteiger partial charge on any atom is -0.353 e. The summed E-state index contributed by atoms with van der Waals surface area (Å²) in [5, 5.41) is 2.99. The van der Waals surface area contributed by atoms with Crippen molar-refractivity contribution in [2.24, 2.45) is 11.1 Å². The van der Waals surface area contributed by atoms with Crippen LogP contribution < -0.4 is 11.1 Å². The molecule has 3 nitrogen and oxygen atoms in total. The third-order valence-corrected chi connectivity index (χ3v) is 2.73. The summed E-state index contributed by atoms with van der Waals surface area (Å²) in [5.74, 6) is 0.0928. The number of carbonyl (C=O) groups excluding carboxylic acids is 1. The Labute approximate surface area is 73.7 Å². The summed E-state index contributed by atoms with van der Waals surface area (Å²) < 4.78 is 0. The molecule has 0 heterocycles. The van der Waals surface area contributed by atoms with Crippen LogP contribution in [0.3, 0.4) is 0 Å². The Morgan fingerprint density at radius 2 is 2.33 bits per heavy atom. The first kappa shape index (κ1) is 9.52. The van der Waals surface area contributed by atoms with Gasteiger partial charge in [-0.2, -0.15) is 0 Å². The zero-order valence-corrected chi connectivity index (χ0v) is 7.89. The number of nitrogens with two attached hydrogens (primary N) is 1. The maximum Gasteiger partial charge on any atom is 0.221 e. The van der Waals surface area contributed by atoms with Gasteiger partial charge in [0, 0.05) is 19.0 Å². The van der Waals surface area contributed by atoms with Crippen molar-refractivity contribution in [3.8, 4) is 0 Å². The first-order valence-electron chi connectivity index (χ1n) is 4.56. The average molecular weight is 170 g/mol. The first-order chi connectivity index (χ1) is 5.56. The van der Waals surface area contributed by atoms with E-state index in [0.717, 1.165) is 6.42 Å². The summed E-state index contributed by atoms with van der Waals surface area (Å²) in [4.78, 5) is 11.1. The predicted octanol–water partition coefficient (Wildman–Crippen LogP) is 0.640. The lowest BCUT2D eigenvalue weighted by Gasteiger charge is -2.44. The van der Waals surface area contributed by atoms with Crippen molar-refractivity contribution < 1.29 is 4.79 Å².